The van der Waals surface area contributed by atoms with E-state index in [0.29, 0.717) is 0 Å². The minimum absolute atomic E-state index is 0.219. The molecule has 0 rings (SSSR count). The van der Waals surface area contributed by atoms with Gasteiger partial charge in [-0.05, 0) is 0 Å². The molecule has 0 atom stereocenters. The summed E-state index contributed by atoms with van der Waals surface area (Å²) in [5, 5.41) is 0. The van der Waals surface area contributed by atoms with Crippen LogP contribution in [0, 0.1) is 0 Å². The van der Waals surface area contributed by atoms with E-state index in [2.05, 4.69) is 28.2 Å². The predicted molar refractivity (Wildman–Crippen MR) is 30.4 cm³/mol. The van der Waals surface area contributed by atoms with Gasteiger partial charge in [0.25, 0.3) is 0 Å². The molecule has 1 nitrogen and oxygen atoms in total. The maximum atomic E-state index is 4.79. The molecule has 0 saturated carbocycles. The Kier molecular flexibility index (Phi) is 8.29. The third kappa shape index (κ3) is 5.96. The van der Waals surface area contributed by atoms with Crippen LogP contribution in [-0.2, 0) is 2.90 Å². The van der Waals surface area contributed by atoms with Crippen LogP contribution in [-0.4, -0.2) is 27.0 Å². The monoisotopic (exact) mass is 334 g/mol. The molecule has 0 unspecified atom stereocenters. The first-order valence-electron chi connectivity index (χ1n) is 0.642. The molecule has 0 N–H and O–H groups in total. The van der Waals surface area contributed by atoms with Crippen molar-refractivity contribution < 1.29 is 2.90 Å². The summed E-state index contributed by atoms with van der Waals surface area (Å²) in [7, 11) is 0. The Morgan fingerprint density at radius 1 is 1.20 bits per heavy atom. The van der Waals surface area contributed by atoms with E-state index in [-0.39, 0.29) is 27.0 Å². The molecule has 0 saturated heterocycles. The van der Waals surface area contributed by atoms with Gasteiger partial charge in [-0.25, -0.2) is 0 Å². The molecule has 0 aliphatic heterocycles. The summed E-state index contributed by atoms with van der Waals surface area (Å²) in [6, 6.07) is 0. The van der Waals surface area contributed by atoms with Crippen LogP contribution >= 0.6 is 28.2 Å². The fourth-order valence-corrected chi connectivity index (χ4v) is 7.09. The first-order chi connectivity index (χ1) is 2.41. The SMILES string of the molecule is Br[Se]O[Se]Br. The fourth-order valence-electron chi connectivity index (χ4n) is 0.00972. The van der Waals surface area contributed by atoms with Crippen molar-refractivity contribution in [3.05, 3.63) is 0 Å². The van der Waals surface area contributed by atoms with Gasteiger partial charge >= 0.3 is 58.1 Å². The van der Waals surface area contributed by atoms with Crippen molar-refractivity contribution in [3.63, 3.8) is 0 Å². The Hall–Kier alpha value is 1.96. The number of hydrogen-bond donors (Lipinski definition) is 0. The molecule has 0 aromatic carbocycles. The first-order valence-corrected chi connectivity index (χ1v) is 10.1. The third-order valence-corrected chi connectivity index (χ3v) is 7.22. The molecule has 0 amide bonds. The average molecular weight is 334 g/mol. The van der Waals surface area contributed by atoms with E-state index in [9.17, 15) is 0 Å². The number of halogens is 2. The summed E-state index contributed by atoms with van der Waals surface area (Å²) in [4.78, 5) is 0. The van der Waals surface area contributed by atoms with Crippen LogP contribution in [0.5, 0.6) is 0 Å². The van der Waals surface area contributed by atoms with Crippen LogP contribution in [0.2, 0.25) is 0 Å². The Bertz CT molecular complexity index is 15.1. The summed E-state index contributed by atoms with van der Waals surface area (Å²) in [6.07, 6.45) is 0. The van der Waals surface area contributed by atoms with Gasteiger partial charge in [0, 0.05) is 0 Å². The van der Waals surface area contributed by atoms with Crippen LogP contribution in [0.15, 0.2) is 0 Å². The topological polar surface area (TPSA) is 9.23 Å². The first kappa shape index (κ1) is 6.96. The van der Waals surface area contributed by atoms with Gasteiger partial charge in [0.2, 0.25) is 0 Å². The van der Waals surface area contributed by atoms with Crippen molar-refractivity contribution in [2.45, 2.75) is 0 Å². The van der Waals surface area contributed by atoms with E-state index in [1.165, 1.54) is 0 Å². The zero-order valence-corrected chi connectivity index (χ0v) is 8.58. The summed E-state index contributed by atoms with van der Waals surface area (Å²) in [5.74, 6) is 0. The van der Waals surface area contributed by atoms with Crippen molar-refractivity contribution in [2.75, 3.05) is 0 Å². The Morgan fingerprint density at radius 2 is 1.60 bits per heavy atom. The molecule has 0 fully saturated rings. The summed E-state index contributed by atoms with van der Waals surface area (Å²) in [5.41, 5.74) is 0. The van der Waals surface area contributed by atoms with Crippen LogP contribution in [0.1, 0.15) is 0 Å². The molecule has 0 aromatic heterocycles. The second-order valence-corrected chi connectivity index (χ2v) is 5.24. The summed E-state index contributed by atoms with van der Waals surface area (Å²) < 4.78 is 4.79. The van der Waals surface area contributed by atoms with Crippen molar-refractivity contribution in [1.82, 2.24) is 0 Å². The summed E-state index contributed by atoms with van der Waals surface area (Å²) in [6.45, 7) is 0. The normalized spacial score (nSPS) is 8.40. The second kappa shape index (κ2) is 5.96. The van der Waals surface area contributed by atoms with Crippen molar-refractivity contribution in [1.29, 1.82) is 0 Å². The molecule has 0 spiro atoms. The minimum atomic E-state index is 0.219. The van der Waals surface area contributed by atoms with Gasteiger partial charge in [-0.1, -0.05) is 0 Å². The Balaban J connectivity index is 2.19. The van der Waals surface area contributed by atoms with Crippen molar-refractivity contribution >= 4 is 55.2 Å². The van der Waals surface area contributed by atoms with Crippen LogP contribution in [0.25, 0.3) is 0 Å². The molecule has 32 valence electrons. The zero-order valence-electron chi connectivity index (χ0n) is 1.98. The van der Waals surface area contributed by atoms with Gasteiger partial charge in [-0.2, -0.15) is 0 Å². The Morgan fingerprint density at radius 3 is 1.60 bits per heavy atom. The average Bonchev–Trinajstić information content (AvgIpc) is 1.41. The van der Waals surface area contributed by atoms with E-state index >= 15 is 0 Å². The molecule has 0 aromatic rings. The van der Waals surface area contributed by atoms with Gasteiger partial charge in [-0.3, -0.25) is 0 Å². The van der Waals surface area contributed by atoms with E-state index in [1.54, 1.807) is 0 Å². The fraction of sp³-hybridized carbons (Fsp3) is 0. The molecule has 5 heteroatoms. The predicted octanol–water partition coefficient (Wildman–Crippen LogP) is 0.861. The third-order valence-electron chi connectivity index (χ3n) is 0.0514. The van der Waals surface area contributed by atoms with Crippen LogP contribution in [0.3, 0.4) is 0 Å². The molecule has 0 heterocycles. The second-order valence-electron chi connectivity index (χ2n) is 0.194. The maximum absolute atomic E-state index is 4.79. The van der Waals surface area contributed by atoms with Gasteiger partial charge in [0.15, 0.2) is 0 Å². The van der Waals surface area contributed by atoms with E-state index in [0.717, 1.165) is 0 Å². The molecular weight excluding hydrogens is 334 g/mol. The van der Waals surface area contributed by atoms with Gasteiger partial charge in [-0.15, -0.1) is 0 Å². The standard InChI is InChI=1S/Br2OSe2/c1-4-3-5-2. The van der Waals surface area contributed by atoms with Crippen molar-refractivity contribution in [3.8, 4) is 0 Å². The van der Waals surface area contributed by atoms with Crippen LogP contribution in [0.4, 0.5) is 0 Å². The summed E-state index contributed by atoms with van der Waals surface area (Å²) >= 11 is 6.71. The molecular formula is Br2OSe2. The van der Waals surface area contributed by atoms with E-state index < -0.39 is 0 Å². The van der Waals surface area contributed by atoms with E-state index in [4.69, 9.17) is 2.90 Å². The van der Waals surface area contributed by atoms with Crippen molar-refractivity contribution in [2.24, 2.45) is 0 Å². The molecule has 0 radical (unpaired) electrons. The van der Waals surface area contributed by atoms with Gasteiger partial charge in [0.1, 0.15) is 0 Å². The Labute approximate surface area is 57.6 Å². The number of hydrogen-bond acceptors (Lipinski definition) is 1. The quantitative estimate of drug-likeness (QED) is 0.681. The molecule has 5 heavy (non-hydrogen) atoms. The molecule has 0 bridgehead atoms. The van der Waals surface area contributed by atoms with Gasteiger partial charge in [0.05, 0.1) is 0 Å². The molecule has 0 aliphatic rings. The van der Waals surface area contributed by atoms with Gasteiger partial charge < -0.3 is 0 Å². The zero-order chi connectivity index (χ0) is 4.12. The number of rotatable bonds is 2. The van der Waals surface area contributed by atoms with Crippen LogP contribution < -0.4 is 0 Å². The molecule has 0 aliphatic carbocycles. The van der Waals surface area contributed by atoms with E-state index in [1.807, 2.05) is 0 Å².